The van der Waals surface area contributed by atoms with Crippen LogP contribution in [0.15, 0.2) is 40.2 Å². The van der Waals surface area contributed by atoms with Gasteiger partial charge in [0, 0.05) is 37.1 Å². The second-order valence-corrected chi connectivity index (χ2v) is 12.5. The van der Waals surface area contributed by atoms with Crippen molar-refractivity contribution >= 4 is 39.9 Å². The maximum absolute atomic E-state index is 13.0. The molecule has 2 aliphatic rings. The van der Waals surface area contributed by atoms with E-state index in [4.69, 9.17) is 9.84 Å². The summed E-state index contributed by atoms with van der Waals surface area (Å²) in [4.78, 5) is 30.9. The first-order valence-corrected chi connectivity index (χ1v) is 14.2. The van der Waals surface area contributed by atoms with Crippen molar-refractivity contribution in [3.63, 3.8) is 0 Å². The first-order chi connectivity index (χ1) is 18.5. The molecule has 0 radical (unpaired) electrons. The molecule has 12 heteroatoms. The van der Waals surface area contributed by atoms with Crippen molar-refractivity contribution in [1.82, 2.24) is 24.0 Å². The van der Waals surface area contributed by atoms with Crippen LogP contribution in [0, 0.1) is 11.3 Å². The quantitative estimate of drug-likeness (QED) is 0.454. The molecule has 39 heavy (non-hydrogen) atoms. The molecule has 206 valence electrons. The number of nitriles is 1. The molecular weight excluding hydrogens is 518 g/mol. The number of likely N-dealkylation sites (tertiary alicyclic amines) is 1. The number of aromatic nitrogens is 3. The van der Waals surface area contributed by atoms with Crippen molar-refractivity contribution in [2.75, 3.05) is 25.0 Å². The molecule has 1 amide bonds. The molecule has 0 bridgehead atoms. The van der Waals surface area contributed by atoms with Gasteiger partial charge in [-0.15, -0.1) is 4.31 Å². The van der Waals surface area contributed by atoms with Gasteiger partial charge in [-0.1, -0.05) is 0 Å². The van der Waals surface area contributed by atoms with E-state index in [9.17, 15) is 19.4 Å². The van der Waals surface area contributed by atoms with Crippen molar-refractivity contribution in [3.8, 4) is 6.07 Å². The number of rotatable bonds is 5. The lowest BCUT2D eigenvalue weighted by Gasteiger charge is -2.41. The summed E-state index contributed by atoms with van der Waals surface area (Å²) in [5.41, 5.74) is 0.719. The van der Waals surface area contributed by atoms with Gasteiger partial charge >= 0.3 is 6.09 Å². The third-order valence-corrected chi connectivity index (χ3v) is 8.88. The number of anilines is 2. The number of amides is 1. The number of hydrogen-bond acceptors (Lipinski definition) is 8. The van der Waals surface area contributed by atoms with E-state index in [-0.39, 0.29) is 18.1 Å². The Morgan fingerprint density at radius 2 is 2.05 bits per heavy atom. The van der Waals surface area contributed by atoms with E-state index >= 15 is 0 Å². The topological polar surface area (TPSA) is 142 Å². The Labute approximate surface area is 230 Å². The number of H-pyrrole nitrogens is 1. The van der Waals surface area contributed by atoms with E-state index in [1.165, 1.54) is 0 Å². The SMILES string of the molecule is CCN1Cc2cc(Nc3nn(C4(CC#N)CCN(C(=O)OC(C)(C)C)CC4)c4cc[nH]c(=O)c34)ccc2[S+]1[O-]. The first kappa shape index (κ1) is 27.1. The molecule has 3 aromatic rings. The molecule has 1 atom stereocenters. The molecule has 1 fully saturated rings. The molecular formula is C27H33N7O4S. The molecule has 0 aliphatic carbocycles. The van der Waals surface area contributed by atoms with Crippen LogP contribution in [0.2, 0.25) is 0 Å². The molecule has 1 unspecified atom stereocenters. The van der Waals surface area contributed by atoms with Gasteiger partial charge in [-0.2, -0.15) is 10.4 Å². The number of benzene rings is 1. The summed E-state index contributed by atoms with van der Waals surface area (Å²) >= 11 is -1.17. The summed E-state index contributed by atoms with van der Waals surface area (Å²) in [7, 11) is 0. The number of nitrogens with zero attached hydrogens (tertiary/aromatic N) is 5. The number of carbonyl (C=O) groups excluding carboxylic acids is 1. The Kier molecular flexibility index (Phi) is 7.09. The van der Waals surface area contributed by atoms with E-state index in [1.807, 2.05) is 50.2 Å². The number of aromatic amines is 1. The normalized spacial score (nSPS) is 19.1. The van der Waals surface area contributed by atoms with Crippen molar-refractivity contribution < 1.29 is 14.1 Å². The van der Waals surface area contributed by atoms with Crippen LogP contribution >= 0.6 is 0 Å². The van der Waals surface area contributed by atoms with Gasteiger partial charge in [-0.3, -0.25) is 9.48 Å². The lowest BCUT2D eigenvalue weighted by atomic mass is 9.85. The van der Waals surface area contributed by atoms with Crippen LogP contribution in [0.5, 0.6) is 0 Å². The van der Waals surface area contributed by atoms with E-state index in [2.05, 4.69) is 16.4 Å². The predicted octanol–water partition coefficient (Wildman–Crippen LogP) is 3.97. The molecule has 0 spiro atoms. The first-order valence-electron chi connectivity index (χ1n) is 13.1. The summed E-state index contributed by atoms with van der Waals surface area (Å²) in [5.74, 6) is 0.380. The van der Waals surface area contributed by atoms with Crippen LogP contribution in [0.1, 0.15) is 52.5 Å². The van der Waals surface area contributed by atoms with Gasteiger partial charge in [-0.25, -0.2) is 4.79 Å². The Hall–Kier alpha value is -3.53. The number of carbonyl (C=O) groups is 1. The van der Waals surface area contributed by atoms with Crippen molar-refractivity contribution in [2.24, 2.45) is 0 Å². The third kappa shape index (κ3) is 5.09. The maximum Gasteiger partial charge on any atom is 0.410 e. The second-order valence-electron chi connectivity index (χ2n) is 11.0. The summed E-state index contributed by atoms with van der Waals surface area (Å²) in [6.07, 6.45) is 2.35. The van der Waals surface area contributed by atoms with Crippen LogP contribution in [0.3, 0.4) is 0 Å². The number of nitrogens with one attached hydrogen (secondary N) is 2. The number of fused-ring (bicyclic) bond motifs is 2. The van der Waals surface area contributed by atoms with Gasteiger partial charge in [0.25, 0.3) is 5.56 Å². The minimum Gasteiger partial charge on any atom is -0.593 e. The largest absolute Gasteiger partial charge is 0.593 e. The van der Waals surface area contributed by atoms with Crippen LogP contribution in [0.25, 0.3) is 10.9 Å². The zero-order valence-corrected chi connectivity index (χ0v) is 23.4. The molecule has 2 aromatic heterocycles. The Morgan fingerprint density at radius 3 is 2.72 bits per heavy atom. The van der Waals surface area contributed by atoms with Crippen molar-refractivity contribution in [3.05, 3.63) is 46.4 Å². The van der Waals surface area contributed by atoms with Gasteiger partial charge in [0.2, 0.25) is 0 Å². The average molecular weight is 552 g/mol. The lowest BCUT2D eigenvalue weighted by Crippen LogP contribution is -2.49. The highest BCUT2D eigenvalue weighted by atomic mass is 32.2. The standard InChI is InChI=1S/C27H33N7O4S/c1-5-33-17-18-16-19(6-7-21(18)39(33)37)30-23-22-20(8-13-29-24(22)35)34(31-23)27(9-12-28)10-14-32(15-11-27)25(36)38-26(2,3)4/h6-8,13,16H,5,9-11,14-15,17H2,1-4H3,(H,29,35)(H,30,31). The summed E-state index contributed by atoms with van der Waals surface area (Å²) in [6.45, 7) is 9.54. The number of piperidine rings is 1. The molecule has 1 saturated heterocycles. The highest BCUT2D eigenvalue weighted by Crippen LogP contribution is 2.38. The minimum atomic E-state index is -1.17. The average Bonchev–Trinajstić information content (AvgIpc) is 3.42. The molecule has 11 nitrogen and oxygen atoms in total. The van der Waals surface area contributed by atoms with Crippen molar-refractivity contribution in [1.29, 1.82) is 5.26 Å². The Balaban J connectivity index is 1.48. The fraction of sp³-hybridized carbons (Fsp3) is 0.481. The van der Waals surface area contributed by atoms with Crippen LogP contribution in [-0.4, -0.2) is 59.9 Å². The highest BCUT2D eigenvalue weighted by molar-refractivity contribution is 7.89. The summed E-state index contributed by atoms with van der Waals surface area (Å²) in [6, 6.07) is 9.71. The van der Waals surface area contributed by atoms with E-state index in [0.29, 0.717) is 55.7 Å². The molecule has 1 aromatic carbocycles. The van der Waals surface area contributed by atoms with Gasteiger partial charge in [0.1, 0.15) is 11.0 Å². The summed E-state index contributed by atoms with van der Waals surface area (Å²) < 4.78 is 21.8. The zero-order valence-electron chi connectivity index (χ0n) is 22.6. The third-order valence-electron chi connectivity index (χ3n) is 7.25. The fourth-order valence-corrected chi connectivity index (χ4v) is 6.57. The van der Waals surface area contributed by atoms with Gasteiger partial charge in [0.05, 0.1) is 41.5 Å². The molecule has 5 rings (SSSR count). The number of hydrogen-bond donors (Lipinski definition) is 2. The maximum atomic E-state index is 13.0. The second kappa shape index (κ2) is 10.2. The smallest absolute Gasteiger partial charge is 0.410 e. The van der Waals surface area contributed by atoms with E-state index in [1.54, 1.807) is 21.8 Å². The monoisotopic (exact) mass is 551 g/mol. The minimum absolute atomic E-state index is 0.176. The lowest BCUT2D eigenvalue weighted by molar-refractivity contribution is 0.0110. The summed E-state index contributed by atoms with van der Waals surface area (Å²) in [5, 5.41) is 18.3. The number of pyridine rings is 1. The number of ether oxygens (including phenoxy) is 1. The van der Waals surface area contributed by atoms with Gasteiger partial charge < -0.3 is 24.5 Å². The van der Waals surface area contributed by atoms with Crippen molar-refractivity contribution in [2.45, 2.75) is 69.5 Å². The van der Waals surface area contributed by atoms with E-state index in [0.717, 1.165) is 16.1 Å². The van der Waals surface area contributed by atoms with E-state index < -0.39 is 22.5 Å². The molecule has 2 aliphatic heterocycles. The highest BCUT2D eigenvalue weighted by Gasteiger charge is 2.41. The fourth-order valence-electron chi connectivity index (χ4n) is 5.27. The molecule has 0 saturated carbocycles. The predicted molar refractivity (Wildman–Crippen MR) is 148 cm³/mol. The molecule has 2 N–H and O–H groups in total. The van der Waals surface area contributed by atoms with Gasteiger partial charge in [-0.05, 0) is 64.8 Å². The van der Waals surface area contributed by atoms with Gasteiger partial charge in [0.15, 0.2) is 10.7 Å². The Morgan fingerprint density at radius 1 is 1.31 bits per heavy atom. The van der Waals surface area contributed by atoms with Crippen LogP contribution in [-0.2, 0) is 28.2 Å². The van der Waals surface area contributed by atoms with Crippen LogP contribution in [0.4, 0.5) is 16.3 Å². The molecule has 4 heterocycles. The zero-order chi connectivity index (χ0) is 27.9. The Bertz CT molecular complexity index is 1490. The van der Waals surface area contributed by atoms with Crippen LogP contribution < -0.4 is 10.9 Å².